The number of anilines is 2. The van der Waals surface area contributed by atoms with E-state index < -0.39 is 6.04 Å². The number of nitrogens with zero attached hydrogens (tertiary/aromatic N) is 4. The Morgan fingerprint density at radius 2 is 1.60 bits per heavy atom. The Kier molecular flexibility index (Phi) is 9.80. The van der Waals surface area contributed by atoms with Crippen molar-refractivity contribution in [2.24, 2.45) is 0 Å². The highest BCUT2D eigenvalue weighted by atomic mass is 35.5. The second-order valence-corrected chi connectivity index (χ2v) is 10.9. The van der Waals surface area contributed by atoms with Gasteiger partial charge in [0.1, 0.15) is 17.7 Å². The first-order valence-corrected chi connectivity index (χ1v) is 14.5. The number of hydrogen-bond donors (Lipinski definition) is 3. The van der Waals surface area contributed by atoms with Crippen molar-refractivity contribution in [2.45, 2.75) is 25.6 Å². The molecule has 1 atom stereocenters. The van der Waals surface area contributed by atoms with Crippen LogP contribution in [0.15, 0.2) is 97.3 Å². The third-order valence-corrected chi connectivity index (χ3v) is 7.51. The van der Waals surface area contributed by atoms with Crippen LogP contribution < -0.4 is 16.0 Å². The van der Waals surface area contributed by atoms with Crippen LogP contribution >= 0.6 is 34.8 Å². The molecule has 11 heteroatoms. The maximum atomic E-state index is 13.6. The van der Waals surface area contributed by atoms with Crippen molar-refractivity contribution >= 4 is 52.5 Å². The smallest absolute Gasteiger partial charge is 0.243 e. The summed E-state index contributed by atoms with van der Waals surface area (Å²) in [6.07, 6.45) is 4.07. The number of benzene rings is 3. The largest absolute Gasteiger partial charge is 0.358 e. The van der Waals surface area contributed by atoms with Crippen molar-refractivity contribution < 1.29 is 4.79 Å². The van der Waals surface area contributed by atoms with Gasteiger partial charge in [0.2, 0.25) is 11.9 Å². The van der Waals surface area contributed by atoms with Crippen molar-refractivity contribution in [3.05, 3.63) is 135 Å². The van der Waals surface area contributed by atoms with Crippen molar-refractivity contribution in [3.63, 3.8) is 0 Å². The predicted molar refractivity (Wildman–Crippen MR) is 171 cm³/mol. The lowest BCUT2D eigenvalue weighted by molar-refractivity contribution is -0.122. The Bertz CT molecular complexity index is 1750. The summed E-state index contributed by atoms with van der Waals surface area (Å²) in [5.74, 6) is 1.19. The van der Waals surface area contributed by atoms with Gasteiger partial charge in [0.05, 0.1) is 21.7 Å². The first kappa shape index (κ1) is 29.9. The lowest BCUT2D eigenvalue weighted by Gasteiger charge is -2.20. The minimum atomic E-state index is -0.719. The molecule has 1 amide bonds. The van der Waals surface area contributed by atoms with E-state index >= 15 is 0 Å². The number of carbonyl (C=O) groups excluding carboxylic acids is 1. The second-order valence-electron chi connectivity index (χ2n) is 9.68. The van der Waals surface area contributed by atoms with Gasteiger partial charge in [-0.3, -0.25) is 4.79 Å². The highest BCUT2D eigenvalue weighted by molar-refractivity contribution is 6.42. The average Bonchev–Trinajstić information content (AvgIpc) is 3.56. The Morgan fingerprint density at radius 3 is 2.33 bits per heavy atom. The van der Waals surface area contributed by atoms with Gasteiger partial charge in [-0.1, -0.05) is 65.1 Å². The van der Waals surface area contributed by atoms with E-state index in [9.17, 15) is 4.79 Å². The molecule has 3 N–H and O–H groups in total. The number of carbonyl (C=O) groups is 1. The maximum Gasteiger partial charge on any atom is 0.243 e. The molecule has 8 nitrogen and oxygen atoms in total. The fourth-order valence-electron chi connectivity index (χ4n) is 4.33. The molecule has 0 aliphatic heterocycles. The minimum absolute atomic E-state index is 0.245. The van der Waals surface area contributed by atoms with Crippen LogP contribution in [0.25, 0.3) is 5.82 Å². The fourth-order valence-corrected chi connectivity index (χ4v) is 4.87. The number of nitrogens with one attached hydrogen (secondary N) is 3. The highest BCUT2D eigenvalue weighted by Crippen LogP contribution is 2.24. The monoisotopic (exact) mass is 629 g/mol. The van der Waals surface area contributed by atoms with Gasteiger partial charge in [0.15, 0.2) is 0 Å². The molecule has 2 heterocycles. The van der Waals surface area contributed by atoms with Gasteiger partial charge in [0.25, 0.3) is 0 Å². The van der Waals surface area contributed by atoms with E-state index in [0.717, 1.165) is 16.7 Å². The first-order chi connectivity index (χ1) is 20.9. The minimum Gasteiger partial charge on any atom is -0.358 e. The lowest BCUT2D eigenvalue weighted by Crippen LogP contribution is -2.41. The van der Waals surface area contributed by atoms with Crippen LogP contribution in [0, 0.1) is 11.3 Å². The quantitative estimate of drug-likeness (QED) is 0.144. The molecule has 5 aromatic rings. The molecule has 0 aliphatic rings. The zero-order chi connectivity index (χ0) is 30.2. The van der Waals surface area contributed by atoms with E-state index in [0.29, 0.717) is 51.2 Å². The highest BCUT2D eigenvalue weighted by Gasteiger charge is 2.21. The van der Waals surface area contributed by atoms with E-state index in [1.807, 2.05) is 71.6 Å². The first-order valence-electron chi connectivity index (χ1n) is 13.3. The third-order valence-electron chi connectivity index (χ3n) is 6.53. The standard InChI is InChI=1S/C32H26Cl3N7O/c33-25-5-3-4-24(14-25)20-38-32-40-29(17-30(41-32)42-12-1-2-13-42)39-28(16-23-10-11-26(34)27(35)15-23)31(43)37-19-22-8-6-21(18-36)7-9-22/h1-15,17,28H,16,19-20H2,(H,37,43)(H2,38,39,40,41)/t28-/m1/s1. The van der Waals surface area contributed by atoms with Gasteiger partial charge >= 0.3 is 0 Å². The van der Waals surface area contributed by atoms with Gasteiger partial charge in [-0.2, -0.15) is 15.2 Å². The molecule has 3 aromatic carbocycles. The molecule has 0 radical (unpaired) electrons. The van der Waals surface area contributed by atoms with Gasteiger partial charge in [-0.15, -0.1) is 0 Å². The summed E-state index contributed by atoms with van der Waals surface area (Å²) in [5, 5.41) is 20.1. The van der Waals surface area contributed by atoms with E-state index in [1.54, 1.807) is 30.3 Å². The Labute approximate surface area is 264 Å². The van der Waals surface area contributed by atoms with Gasteiger partial charge in [0, 0.05) is 43.0 Å². The van der Waals surface area contributed by atoms with E-state index in [1.165, 1.54) is 0 Å². The van der Waals surface area contributed by atoms with Crippen LogP contribution in [0.4, 0.5) is 11.8 Å². The van der Waals surface area contributed by atoms with E-state index in [-0.39, 0.29) is 12.5 Å². The molecular formula is C32H26Cl3N7O. The SMILES string of the molecule is N#Cc1ccc(CNC(=O)[C@@H](Cc2ccc(Cl)c(Cl)c2)Nc2cc(-n3cccc3)nc(NCc3cccc(Cl)c3)n2)cc1. The number of halogens is 3. The normalized spacial score (nSPS) is 11.4. The molecule has 216 valence electrons. The summed E-state index contributed by atoms with van der Waals surface area (Å²) in [6, 6.07) is 26.8. The van der Waals surface area contributed by atoms with Gasteiger partial charge in [-0.25, -0.2) is 0 Å². The Hall–Kier alpha value is -4.55. The second kappa shape index (κ2) is 14.1. The molecular weight excluding hydrogens is 605 g/mol. The van der Waals surface area contributed by atoms with Crippen molar-refractivity contribution in [2.75, 3.05) is 10.6 Å². The van der Waals surface area contributed by atoms with Crippen molar-refractivity contribution in [1.29, 1.82) is 5.26 Å². The van der Waals surface area contributed by atoms with Crippen LogP contribution in [-0.2, 0) is 24.3 Å². The summed E-state index contributed by atoms with van der Waals surface area (Å²) in [4.78, 5) is 22.9. The Balaban J connectivity index is 1.41. The molecule has 0 saturated carbocycles. The van der Waals surface area contributed by atoms with E-state index in [4.69, 9.17) is 40.1 Å². The lowest BCUT2D eigenvalue weighted by atomic mass is 10.0. The molecule has 0 bridgehead atoms. The summed E-state index contributed by atoms with van der Waals surface area (Å²) < 4.78 is 1.86. The summed E-state index contributed by atoms with van der Waals surface area (Å²) in [5.41, 5.74) is 3.21. The molecule has 43 heavy (non-hydrogen) atoms. The molecule has 0 spiro atoms. The average molecular weight is 631 g/mol. The van der Waals surface area contributed by atoms with Crippen LogP contribution in [0.2, 0.25) is 15.1 Å². The topological polar surface area (TPSA) is 108 Å². The van der Waals surface area contributed by atoms with Crippen LogP contribution in [-0.4, -0.2) is 26.5 Å². The number of nitriles is 1. The number of amides is 1. The summed E-state index contributed by atoms with van der Waals surface area (Å²) in [6.45, 7) is 0.738. The van der Waals surface area contributed by atoms with Crippen LogP contribution in [0.1, 0.15) is 22.3 Å². The summed E-state index contributed by atoms with van der Waals surface area (Å²) in [7, 11) is 0. The molecule has 2 aromatic heterocycles. The van der Waals surface area contributed by atoms with Crippen molar-refractivity contribution in [3.8, 4) is 11.9 Å². The zero-order valence-electron chi connectivity index (χ0n) is 22.8. The number of hydrogen-bond acceptors (Lipinski definition) is 6. The molecule has 5 rings (SSSR count). The molecule has 0 aliphatic carbocycles. The van der Waals surface area contributed by atoms with Crippen LogP contribution in [0.3, 0.4) is 0 Å². The van der Waals surface area contributed by atoms with E-state index in [2.05, 4.69) is 32.0 Å². The summed E-state index contributed by atoms with van der Waals surface area (Å²) >= 11 is 18.6. The van der Waals surface area contributed by atoms with Crippen molar-refractivity contribution in [1.82, 2.24) is 19.9 Å². The molecule has 0 unspecified atom stereocenters. The maximum absolute atomic E-state index is 13.6. The molecule has 0 saturated heterocycles. The third kappa shape index (κ3) is 8.27. The predicted octanol–water partition coefficient (Wildman–Crippen LogP) is 7.05. The number of aromatic nitrogens is 3. The Morgan fingerprint density at radius 1 is 0.837 bits per heavy atom. The zero-order valence-corrected chi connectivity index (χ0v) is 25.0. The van der Waals surface area contributed by atoms with Gasteiger partial charge in [-0.05, 0) is 65.2 Å². The fraction of sp³-hybridized carbons (Fsp3) is 0.125. The van der Waals surface area contributed by atoms with Gasteiger partial charge < -0.3 is 20.5 Å². The molecule has 0 fully saturated rings. The van der Waals surface area contributed by atoms with Crippen LogP contribution in [0.5, 0.6) is 0 Å². The number of rotatable bonds is 11.